The van der Waals surface area contributed by atoms with Crippen LogP contribution in [0, 0.1) is 19.8 Å². The largest absolute Gasteiger partial charge is 0.496 e. The number of ether oxygens (including phenoxy) is 1. The summed E-state index contributed by atoms with van der Waals surface area (Å²) in [5, 5.41) is 10.5. The van der Waals surface area contributed by atoms with Gasteiger partial charge in [0.2, 0.25) is 0 Å². The van der Waals surface area contributed by atoms with E-state index in [2.05, 4.69) is 18.8 Å². The maximum absolute atomic E-state index is 10.5. The number of nitrogens with zero attached hydrogens (tertiary/aromatic N) is 1. The van der Waals surface area contributed by atoms with Crippen LogP contribution in [-0.4, -0.2) is 23.3 Å². The molecule has 0 bridgehead atoms. The number of aromatic nitrogens is 1. The number of aliphatic hydroxyl groups is 1. The molecular formula is C17H29NO2. The molecule has 114 valence electrons. The van der Waals surface area contributed by atoms with Crippen LogP contribution in [0.1, 0.15) is 56.4 Å². The van der Waals surface area contributed by atoms with Crippen LogP contribution >= 0.6 is 0 Å². The summed E-state index contributed by atoms with van der Waals surface area (Å²) in [6.45, 7) is 8.36. The van der Waals surface area contributed by atoms with Gasteiger partial charge in [0.25, 0.3) is 0 Å². The number of methoxy groups -OCH3 is 1. The molecule has 0 amide bonds. The van der Waals surface area contributed by atoms with Gasteiger partial charge in [0, 0.05) is 29.4 Å². The third-order valence-electron chi connectivity index (χ3n) is 4.15. The van der Waals surface area contributed by atoms with Gasteiger partial charge in [0.15, 0.2) is 0 Å². The average Bonchev–Trinajstić information content (AvgIpc) is 2.43. The molecule has 0 spiro atoms. The van der Waals surface area contributed by atoms with Crippen LogP contribution in [0.2, 0.25) is 0 Å². The van der Waals surface area contributed by atoms with Crippen molar-refractivity contribution in [2.75, 3.05) is 7.11 Å². The number of hydrogen-bond donors (Lipinski definition) is 1. The molecule has 0 radical (unpaired) electrons. The molecule has 0 fully saturated rings. The van der Waals surface area contributed by atoms with Crippen LogP contribution < -0.4 is 4.74 Å². The predicted molar refractivity (Wildman–Crippen MR) is 83.3 cm³/mol. The quantitative estimate of drug-likeness (QED) is 0.786. The van der Waals surface area contributed by atoms with Gasteiger partial charge in [-0.15, -0.1) is 0 Å². The van der Waals surface area contributed by atoms with E-state index in [0.29, 0.717) is 12.3 Å². The standard InChI is InChI=1S/C17H29NO2/c1-6-8-9-14(7-2)16(19)10-15-13(4)17(20-5)12(3)11-18-15/h11,14,16,19H,6-10H2,1-5H3. The number of rotatable bonds is 8. The number of unbranched alkanes of at least 4 members (excludes halogenated alkanes) is 1. The van der Waals surface area contributed by atoms with E-state index < -0.39 is 0 Å². The molecule has 1 aromatic rings. The second kappa shape index (κ2) is 8.25. The van der Waals surface area contributed by atoms with E-state index in [4.69, 9.17) is 4.74 Å². The van der Waals surface area contributed by atoms with Crippen LogP contribution in [0.25, 0.3) is 0 Å². The van der Waals surface area contributed by atoms with Crippen molar-refractivity contribution in [3.63, 3.8) is 0 Å². The smallest absolute Gasteiger partial charge is 0.128 e. The Bertz CT molecular complexity index is 418. The number of aryl methyl sites for hydroxylation is 1. The van der Waals surface area contributed by atoms with Gasteiger partial charge in [-0.05, 0) is 26.2 Å². The molecule has 0 aliphatic rings. The van der Waals surface area contributed by atoms with Crippen LogP contribution in [0.5, 0.6) is 5.75 Å². The Kier molecular flexibility index (Phi) is 7.00. The first-order valence-electron chi connectivity index (χ1n) is 7.72. The van der Waals surface area contributed by atoms with Crippen molar-refractivity contribution in [1.82, 2.24) is 4.98 Å². The fourth-order valence-electron chi connectivity index (χ4n) is 2.78. The Labute approximate surface area is 123 Å². The number of pyridine rings is 1. The van der Waals surface area contributed by atoms with Crippen LogP contribution in [0.3, 0.4) is 0 Å². The molecule has 2 unspecified atom stereocenters. The van der Waals surface area contributed by atoms with Crippen molar-refractivity contribution < 1.29 is 9.84 Å². The van der Waals surface area contributed by atoms with Crippen molar-refractivity contribution in [3.8, 4) is 5.75 Å². The molecule has 1 aromatic heterocycles. The van der Waals surface area contributed by atoms with Crippen molar-refractivity contribution >= 4 is 0 Å². The summed E-state index contributed by atoms with van der Waals surface area (Å²) in [4.78, 5) is 4.48. The summed E-state index contributed by atoms with van der Waals surface area (Å²) in [7, 11) is 1.69. The molecule has 0 aromatic carbocycles. The lowest BCUT2D eigenvalue weighted by atomic mass is 9.90. The molecule has 0 saturated heterocycles. The van der Waals surface area contributed by atoms with Gasteiger partial charge in [-0.2, -0.15) is 0 Å². The van der Waals surface area contributed by atoms with E-state index >= 15 is 0 Å². The highest BCUT2D eigenvalue weighted by atomic mass is 16.5. The van der Waals surface area contributed by atoms with Crippen molar-refractivity contribution in [1.29, 1.82) is 0 Å². The molecule has 1 heterocycles. The van der Waals surface area contributed by atoms with Gasteiger partial charge in [0.05, 0.1) is 13.2 Å². The Morgan fingerprint density at radius 3 is 2.55 bits per heavy atom. The van der Waals surface area contributed by atoms with Crippen LogP contribution in [0.4, 0.5) is 0 Å². The lowest BCUT2D eigenvalue weighted by Gasteiger charge is -2.22. The second-order valence-corrected chi connectivity index (χ2v) is 5.63. The van der Waals surface area contributed by atoms with Gasteiger partial charge in [-0.3, -0.25) is 4.98 Å². The van der Waals surface area contributed by atoms with E-state index in [0.717, 1.165) is 35.4 Å². The summed E-state index contributed by atoms with van der Waals surface area (Å²) in [5.41, 5.74) is 3.05. The molecule has 20 heavy (non-hydrogen) atoms. The third-order valence-corrected chi connectivity index (χ3v) is 4.15. The zero-order chi connectivity index (χ0) is 15.1. The molecule has 3 heteroatoms. The normalized spacial score (nSPS) is 14.1. The summed E-state index contributed by atoms with van der Waals surface area (Å²) in [5.74, 6) is 1.26. The molecule has 0 aliphatic carbocycles. The number of hydrogen-bond acceptors (Lipinski definition) is 3. The monoisotopic (exact) mass is 279 g/mol. The van der Waals surface area contributed by atoms with Gasteiger partial charge >= 0.3 is 0 Å². The minimum absolute atomic E-state index is 0.315. The fraction of sp³-hybridized carbons (Fsp3) is 0.706. The third kappa shape index (κ3) is 4.20. The minimum atomic E-state index is -0.315. The molecular weight excluding hydrogens is 250 g/mol. The lowest BCUT2D eigenvalue weighted by Crippen LogP contribution is -2.23. The average molecular weight is 279 g/mol. The van der Waals surface area contributed by atoms with Gasteiger partial charge < -0.3 is 9.84 Å². The zero-order valence-corrected chi connectivity index (χ0v) is 13.6. The van der Waals surface area contributed by atoms with E-state index in [1.54, 1.807) is 7.11 Å². The topological polar surface area (TPSA) is 42.4 Å². The highest BCUT2D eigenvalue weighted by molar-refractivity contribution is 5.41. The van der Waals surface area contributed by atoms with E-state index in [-0.39, 0.29) is 6.10 Å². The van der Waals surface area contributed by atoms with Gasteiger partial charge in [0.1, 0.15) is 5.75 Å². The molecule has 3 nitrogen and oxygen atoms in total. The highest BCUT2D eigenvalue weighted by Crippen LogP contribution is 2.27. The van der Waals surface area contributed by atoms with E-state index in [9.17, 15) is 5.11 Å². The minimum Gasteiger partial charge on any atom is -0.496 e. The lowest BCUT2D eigenvalue weighted by molar-refractivity contribution is 0.0976. The van der Waals surface area contributed by atoms with E-state index in [1.807, 2.05) is 20.0 Å². The SMILES string of the molecule is CCCCC(CC)C(O)Cc1ncc(C)c(OC)c1C. The Morgan fingerprint density at radius 2 is 2.00 bits per heavy atom. The van der Waals surface area contributed by atoms with Crippen LogP contribution in [-0.2, 0) is 6.42 Å². The predicted octanol–water partition coefficient (Wildman–Crippen LogP) is 3.83. The van der Waals surface area contributed by atoms with Gasteiger partial charge in [-0.1, -0.05) is 33.1 Å². The maximum Gasteiger partial charge on any atom is 0.128 e. The van der Waals surface area contributed by atoms with Crippen molar-refractivity contribution in [2.45, 2.75) is 65.9 Å². The van der Waals surface area contributed by atoms with E-state index in [1.165, 1.54) is 12.8 Å². The Morgan fingerprint density at radius 1 is 1.30 bits per heavy atom. The summed E-state index contributed by atoms with van der Waals surface area (Å²) < 4.78 is 5.43. The Balaban J connectivity index is 2.81. The molecule has 1 N–H and O–H groups in total. The van der Waals surface area contributed by atoms with Crippen molar-refractivity contribution in [3.05, 3.63) is 23.0 Å². The maximum atomic E-state index is 10.5. The summed E-state index contributed by atoms with van der Waals surface area (Å²) >= 11 is 0. The Hall–Kier alpha value is -1.09. The zero-order valence-electron chi connectivity index (χ0n) is 13.6. The summed E-state index contributed by atoms with van der Waals surface area (Å²) in [6, 6.07) is 0. The fourth-order valence-corrected chi connectivity index (χ4v) is 2.78. The number of aliphatic hydroxyl groups excluding tert-OH is 1. The molecule has 1 rings (SSSR count). The molecule has 2 atom stereocenters. The molecule has 0 saturated carbocycles. The first-order chi connectivity index (χ1) is 9.54. The first kappa shape index (κ1) is 17.0. The van der Waals surface area contributed by atoms with Gasteiger partial charge in [-0.25, -0.2) is 0 Å². The summed E-state index contributed by atoms with van der Waals surface area (Å²) in [6.07, 6.45) is 6.61. The van der Waals surface area contributed by atoms with Crippen molar-refractivity contribution in [2.24, 2.45) is 5.92 Å². The first-order valence-corrected chi connectivity index (χ1v) is 7.72. The molecule has 0 aliphatic heterocycles. The van der Waals surface area contributed by atoms with Crippen LogP contribution in [0.15, 0.2) is 6.20 Å². The second-order valence-electron chi connectivity index (χ2n) is 5.63. The highest BCUT2D eigenvalue weighted by Gasteiger charge is 2.20.